The number of aliphatic hydroxyl groups is 1. The van der Waals surface area contributed by atoms with Gasteiger partial charge in [-0.1, -0.05) is 31.2 Å². The van der Waals surface area contributed by atoms with Gasteiger partial charge in [-0.05, 0) is 11.8 Å². The molecule has 0 saturated carbocycles. The SMILES string of the molecule is CC(CC(O)c1cncc2ccccc12)C(=O)O. The normalized spacial score (nSPS) is 14.3. The molecule has 0 aliphatic heterocycles. The summed E-state index contributed by atoms with van der Waals surface area (Å²) in [5, 5.41) is 20.9. The highest BCUT2D eigenvalue weighted by Crippen LogP contribution is 2.27. The number of aliphatic carboxylic acids is 1. The number of hydrogen-bond donors (Lipinski definition) is 2. The fraction of sp³-hybridized carbons (Fsp3) is 0.286. The highest BCUT2D eigenvalue weighted by Gasteiger charge is 2.19. The van der Waals surface area contributed by atoms with Crippen molar-refractivity contribution >= 4 is 16.7 Å². The fourth-order valence-electron chi connectivity index (χ4n) is 1.97. The van der Waals surface area contributed by atoms with Gasteiger partial charge in [-0.15, -0.1) is 0 Å². The Morgan fingerprint density at radius 3 is 2.78 bits per heavy atom. The van der Waals surface area contributed by atoms with Gasteiger partial charge in [0.25, 0.3) is 0 Å². The van der Waals surface area contributed by atoms with Gasteiger partial charge in [-0.3, -0.25) is 9.78 Å². The molecule has 0 spiro atoms. The van der Waals surface area contributed by atoms with Crippen LogP contribution in [-0.2, 0) is 4.79 Å². The first kappa shape index (κ1) is 12.5. The molecular weight excluding hydrogens is 230 g/mol. The number of hydrogen-bond acceptors (Lipinski definition) is 3. The topological polar surface area (TPSA) is 70.4 Å². The number of nitrogens with zero attached hydrogens (tertiary/aromatic N) is 1. The smallest absolute Gasteiger partial charge is 0.306 e. The lowest BCUT2D eigenvalue weighted by atomic mass is 9.96. The van der Waals surface area contributed by atoms with E-state index in [-0.39, 0.29) is 6.42 Å². The zero-order valence-electron chi connectivity index (χ0n) is 10.1. The summed E-state index contributed by atoms with van der Waals surface area (Å²) in [5.41, 5.74) is 0.682. The van der Waals surface area contributed by atoms with Gasteiger partial charge in [0.05, 0.1) is 12.0 Å². The van der Waals surface area contributed by atoms with Crippen LogP contribution < -0.4 is 0 Å². The fourth-order valence-corrected chi connectivity index (χ4v) is 1.97. The van der Waals surface area contributed by atoms with Crippen LogP contribution in [0.15, 0.2) is 36.7 Å². The van der Waals surface area contributed by atoms with Crippen molar-refractivity contribution in [2.75, 3.05) is 0 Å². The molecule has 4 nitrogen and oxygen atoms in total. The van der Waals surface area contributed by atoms with Crippen molar-refractivity contribution in [2.45, 2.75) is 19.4 Å². The Balaban J connectivity index is 2.33. The molecule has 4 heteroatoms. The molecule has 0 radical (unpaired) electrons. The maximum absolute atomic E-state index is 10.8. The lowest BCUT2D eigenvalue weighted by Gasteiger charge is -2.15. The quantitative estimate of drug-likeness (QED) is 0.867. The van der Waals surface area contributed by atoms with E-state index in [0.29, 0.717) is 5.56 Å². The van der Waals surface area contributed by atoms with Crippen molar-refractivity contribution < 1.29 is 15.0 Å². The van der Waals surface area contributed by atoms with Crippen molar-refractivity contribution in [3.63, 3.8) is 0 Å². The number of carboxylic acids is 1. The van der Waals surface area contributed by atoms with E-state index < -0.39 is 18.0 Å². The minimum atomic E-state index is -0.901. The van der Waals surface area contributed by atoms with Gasteiger partial charge in [-0.25, -0.2) is 0 Å². The average molecular weight is 245 g/mol. The largest absolute Gasteiger partial charge is 0.481 e. The molecule has 0 bridgehead atoms. The summed E-state index contributed by atoms with van der Waals surface area (Å²) in [7, 11) is 0. The third kappa shape index (κ3) is 2.49. The number of aromatic nitrogens is 1. The highest BCUT2D eigenvalue weighted by atomic mass is 16.4. The second-order valence-electron chi connectivity index (χ2n) is 4.44. The second kappa shape index (κ2) is 5.14. The Bertz CT molecular complexity index is 562. The van der Waals surface area contributed by atoms with Crippen molar-refractivity contribution in [3.8, 4) is 0 Å². The standard InChI is InChI=1S/C14H15NO3/c1-9(14(17)18)6-13(16)12-8-15-7-10-4-2-3-5-11(10)12/h2-5,7-9,13,16H,6H2,1H3,(H,17,18). The van der Waals surface area contributed by atoms with Crippen LogP contribution in [0.2, 0.25) is 0 Å². The van der Waals surface area contributed by atoms with Crippen molar-refractivity contribution in [1.82, 2.24) is 4.98 Å². The number of carbonyl (C=O) groups is 1. The van der Waals surface area contributed by atoms with E-state index in [1.54, 1.807) is 19.3 Å². The lowest BCUT2D eigenvalue weighted by molar-refractivity contribution is -0.142. The van der Waals surface area contributed by atoms with E-state index in [0.717, 1.165) is 10.8 Å². The first-order valence-corrected chi connectivity index (χ1v) is 5.83. The molecule has 1 aromatic heterocycles. The summed E-state index contributed by atoms with van der Waals surface area (Å²) in [5.74, 6) is -1.48. The van der Waals surface area contributed by atoms with Gasteiger partial charge in [0.2, 0.25) is 0 Å². The summed E-state index contributed by atoms with van der Waals surface area (Å²) >= 11 is 0. The minimum Gasteiger partial charge on any atom is -0.481 e. The van der Waals surface area contributed by atoms with E-state index in [9.17, 15) is 9.90 Å². The summed E-state index contributed by atoms with van der Waals surface area (Å²) in [6, 6.07) is 7.61. The van der Waals surface area contributed by atoms with Gasteiger partial charge in [0.1, 0.15) is 0 Å². The van der Waals surface area contributed by atoms with Crippen LogP contribution in [0.5, 0.6) is 0 Å². The molecule has 94 valence electrons. The van der Waals surface area contributed by atoms with Gasteiger partial charge in [0.15, 0.2) is 0 Å². The Hall–Kier alpha value is -1.94. The Labute approximate surface area is 105 Å². The molecule has 0 aliphatic carbocycles. The van der Waals surface area contributed by atoms with Crippen molar-refractivity contribution in [1.29, 1.82) is 0 Å². The molecule has 2 N–H and O–H groups in total. The van der Waals surface area contributed by atoms with Crippen LogP contribution in [0, 0.1) is 5.92 Å². The average Bonchev–Trinajstić information content (AvgIpc) is 2.37. The molecule has 0 amide bonds. The van der Waals surface area contributed by atoms with Gasteiger partial charge < -0.3 is 10.2 Å². The van der Waals surface area contributed by atoms with E-state index in [1.807, 2.05) is 24.3 Å². The number of rotatable bonds is 4. The maximum atomic E-state index is 10.8. The molecule has 0 aliphatic rings. The van der Waals surface area contributed by atoms with Gasteiger partial charge >= 0.3 is 5.97 Å². The molecule has 18 heavy (non-hydrogen) atoms. The van der Waals surface area contributed by atoms with Crippen LogP contribution in [0.25, 0.3) is 10.8 Å². The summed E-state index contributed by atoms with van der Waals surface area (Å²) in [6.45, 7) is 1.59. The predicted molar refractivity (Wildman–Crippen MR) is 68.1 cm³/mol. The van der Waals surface area contributed by atoms with Crippen LogP contribution in [0.4, 0.5) is 0 Å². The zero-order chi connectivity index (χ0) is 13.1. The third-order valence-electron chi connectivity index (χ3n) is 3.06. The van der Waals surface area contributed by atoms with Crippen molar-refractivity contribution in [3.05, 3.63) is 42.2 Å². The third-order valence-corrected chi connectivity index (χ3v) is 3.06. The van der Waals surface area contributed by atoms with Crippen LogP contribution in [-0.4, -0.2) is 21.2 Å². The molecule has 1 aromatic carbocycles. The number of benzene rings is 1. The summed E-state index contributed by atoms with van der Waals surface area (Å²) < 4.78 is 0. The first-order chi connectivity index (χ1) is 8.59. The van der Waals surface area contributed by atoms with Crippen molar-refractivity contribution in [2.24, 2.45) is 5.92 Å². The Morgan fingerprint density at radius 1 is 1.33 bits per heavy atom. The molecule has 1 heterocycles. The van der Waals surface area contributed by atoms with Crippen LogP contribution in [0.1, 0.15) is 25.0 Å². The molecule has 0 saturated heterocycles. The molecular formula is C14H15NO3. The predicted octanol–water partition coefficient (Wildman–Crippen LogP) is 2.38. The number of fused-ring (bicyclic) bond motifs is 1. The second-order valence-corrected chi connectivity index (χ2v) is 4.44. The molecule has 2 aromatic rings. The molecule has 2 atom stereocenters. The number of carboxylic acid groups (broad SMARTS) is 1. The number of pyridine rings is 1. The number of aliphatic hydroxyl groups excluding tert-OH is 1. The van der Waals surface area contributed by atoms with Gasteiger partial charge in [0, 0.05) is 23.3 Å². The zero-order valence-corrected chi connectivity index (χ0v) is 10.1. The van der Waals surface area contributed by atoms with Crippen LogP contribution >= 0.6 is 0 Å². The summed E-state index contributed by atoms with van der Waals surface area (Å²) in [4.78, 5) is 14.9. The van der Waals surface area contributed by atoms with E-state index in [4.69, 9.17) is 5.11 Å². The van der Waals surface area contributed by atoms with E-state index in [2.05, 4.69) is 4.98 Å². The lowest BCUT2D eigenvalue weighted by Crippen LogP contribution is -2.14. The highest BCUT2D eigenvalue weighted by molar-refractivity contribution is 5.85. The van der Waals surface area contributed by atoms with Crippen LogP contribution in [0.3, 0.4) is 0 Å². The minimum absolute atomic E-state index is 0.186. The van der Waals surface area contributed by atoms with Gasteiger partial charge in [-0.2, -0.15) is 0 Å². The van der Waals surface area contributed by atoms with E-state index in [1.165, 1.54) is 0 Å². The maximum Gasteiger partial charge on any atom is 0.306 e. The molecule has 2 rings (SSSR count). The summed E-state index contributed by atoms with van der Waals surface area (Å²) in [6.07, 6.45) is 2.70. The first-order valence-electron chi connectivity index (χ1n) is 5.83. The molecule has 0 fully saturated rings. The Kier molecular flexibility index (Phi) is 3.58. The van der Waals surface area contributed by atoms with E-state index >= 15 is 0 Å². The Morgan fingerprint density at radius 2 is 2.06 bits per heavy atom. The molecule has 2 unspecified atom stereocenters. The monoisotopic (exact) mass is 245 g/mol.